The quantitative estimate of drug-likeness (QED) is 0.541. The number of hydrogen-bond acceptors (Lipinski definition) is 4. The molecule has 0 spiro atoms. The minimum atomic E-state index is -4.76. The van der Waals surface area contributed by atoms with Crippen LogP contribution < -0.4 is 4.74 Å². The number of ether oxygens (including phenoxy) is 2. The summed E-state index contributed by atoms with van der Waals surface area (Å²) in [5, 5.41) is 0. The lowest BCUT2D eigenvalue weighted by molar-refractivity contribution is -0.274. The van der Waals surface area contributed by atoms with E-state index in [0.29, 0.717) is 18.7 Å². The van der Waals surface area contributed by atoms with E-state index in [1.54, 1.807) is 4.90 Å². The van der Waals surface area contributed by atoms with Crippen molar-refractivity contribution in [1.82, 2.24) is 4.90 Å². The molecule has 0 aliphatic carbocycles. The molecule has 158 valence electrons. The summed E-state index contributed by atoms with van der Waals surface area (Å²) in [6, 6.07) is 12.9. The average molecular weight is 419 g/mol. The summed E-state index contributed by atoms with van der Waals surface area (Å²) < 4.78 is 45.4. The van der Waals surface area contributed by atoms with E-state index < -0.39 is 18.4 Å². The van der Waals surface area contributed by atoms with Gasteiger partial charge in [-0.3, -0.25) is 4.79 Å². The van der Waals surface area contributed by atoms with Gasteiger partial charge in [0, 0.05) is 19.2 Å². The predicted octanol–water partition coefficient (Wildman–Crippen LogP) is 4.12. The number of halogens is 3. The summed E-state index contributed by atoms with van der Waals surface area (Å²) in [4.78, 5) is 26.3. The number of hydrogen-bond donors (Lipinski definition) is 0. The van der Waals surface area contributed by atoms with E-state index in [-0.39, 0.29) is 11.7 Å². The van der Waals surface area contributed by atoms with Gasteiger partial charge in [0.1, 0.15) is 5.75 Å². The molecular weight excluding hydrogens is 399 g/mol. The van der Waals surface area contributed by atoms with Gasteiger partial charge < -0.3 is 14.4 Å². The van der Waals surface area contributed by atoms with E-state index in [2.05, 4.69) is 4.74 Å². The fraction of sp³-hybridized carbons (Fsp3) is 0.273. The second-order valence-electron chi connectivity index (χ2n) is 6.81. The first kappa shape index (κ1) is 21.4. The number of fused-ring (bicyclic) bond motifs is 1. The van der Waals surface area contributed by atoms with Gasteiger partial charge in [-0.1, -0.05) is 36.4 Å². The molecule has 0 saturated heterocycles. The monoisotopic (exact) mass is 419 g/mol. The topological polar surface area (TPSA) is 55.8 Å². The smallest absolute Gasteiger partial charge is 0.449 e. The first-order valence-corrected chi connectivity index (χ1v) is 9.31. The number of amides is 1. The van der Waals surface area contributed by atoms with Crippen LogP contribution in [0.2, 0.25) is 0 Å². The molecule has 2 aromatic carbocycles. The molecule has 1 amide bonds. The number of rotatable bonds is 5. The fourth-order valence-electron chi connectivity index (χ4n) is 3.15. The minimum absolute atomic E-state index is 0.278. The zero-order valence-electron chi connectivity index (χ0n) is 16.2. The second kappa shape index (κ2) is 9.02. The van der Waals surface area contributed by atoms with E-state index in [4.69, 9.17) is 4.74 Å². The van der Waals surface area contributed by atoms with Gasteiger partial charge in [-0.15, -0.1) is 13.2 Å². The lowest BCUT2D eigenvalue weighted by atomic mass is 9.99. The van der Waals surface area contributed by atoms with Crippen molar-refractivity contribution in [1.29, 1.82) is 0 Å². The molecule has 1 aliphatic rings. The second-order valence-corrected chi connectivity index (χ2v) is 6.81. The number of carbonyl (C=O) groups excluding carboxylic acids is 2. The lowest BCUT2D eigenvalue weighted by Crippen LogP contribution is -2.42. The van der Waals surface area contributed by atoms with Crippen molar-refractivity contribution < 1.29 is 32.2 Å². The van der Waals surface area contributed by atoms with E-state index in [9.17, 15) is 22.8 Å². The number of esters is 1. The van der Waals surface area contributed by atoms with Crippen molar-refractivity contribution in [2.75, 3.05) is 6.54 Å². The summed E-state index contributed by atoms with van der Waals surface area (Å²) in [7, 11) is 0. The maximum atomic E-state index is 12.6. The zero-order valence-corrected chi connectivity index (χ0v) is 16.2. The largest absolute Gasteiger partial charge is 0.573 e. The van der Waals surface area contributed by atoms with Crippen molar-refractivity contribution in [2.24, 2.45) is 0 Å². The molecule has 1 heterocycles. The van der Waals surface area contributed by atoms with Crippen molar-refractivity contribution in [3.05, 3.63) is 71.3 Å². The minimum Gasteiger partial charge on any atom is -0.449 e. The van der Waals surface area contributed by atoms with Gasteiger partial charge in [0.15, 0.2) is 6.10 Å². The highest BCUT2D eigenvalue weighted by molar-refractivity contribution is 5.90. The Morgan fingerprint density at radius 3 is 2.40 bits per heavy atom. The number of nitrogens with zero attached hydrogens (tertiary/aromatic N) is 1. The Balaban J connectivity index is 1.52. The molecule has 8 heteroatoms. The lowest BCUT2D eigenvalue weighted by Gasteiger charge is -2.30. The van der Waals surface area contributed by atoms with Crippen LogP contribution in [0.1, 0.15) is 23.6 Å². The Kier molecular flexibility index (Phi) is 6.44. The van der Waals surface area contributed by atoms with Crippen molar-refractivity contribution >= 4 is 18.0 Å². The van der Waals surface area contributed by atoms with E-state index >= 15 is 0 Å². The normalized spacial score (nSPS) is 14.9. The van der Waals surface area contributed by atoms with E-state index in [1.165, 1.54) is 30.7 Å². The molecule has 0 N–H and O–H groups in total. The third-order valence-corrected chi connectivity index (χ3v) is 4.61. The molecule has 0 saturated carbocycles. The number of alkyl halides is 3. The van der Waals surface area contributed by atoms with Crippen molar-refractivity contribution in [3.8, 4) is 5.75 Å². The maximum Gasteiger partial charge on any atom is 0.573 e. The van der Waals surface area contributed by atoms with E-state index in [0.717, 1.165) is 30.2 Å². The van der Waals surface area contributed by atoms with Gasteiger partial charge in [0.05, 0.1) is 0 Å². The van der Waals surface area contributed by atoms with Gasteiger partial charge in [-0.05, 0) is 48.2 Å². The van der Waals surface area contributed by atoms with Gasteiger partial charge in [-0.2, -0.15) is 0 Å². The highest BCUT2D eigenvalue weighted by Crippen LogP contribution is 2.23. The third kappa shape index (κ3) is 5.85. The molecule has 2 aromatic rings. The highest BCUT2D eigenvalue weighted by atomic mass is 19.4. The summed E-state index contributed by atoms with van der Waals surface area (Å²) in [6.07, 6.45) is -2.46. The molecule has 30 heavy (non-hydrogen) atoms. The van der Waals surface area contributed by atoms with E-state index in [1.807, 2.05) is 24.3 Å². The van der Waals surface area contributed by atoms with Gasteiger partial charge in [0.25, 0.3) is 5.91 Å². The van der Waals surface area contributed by atoms with Crippen molar-refractivity contribution in [3.63, 3.8) is 0 Å². The Morgan fingerprint density at radius 2 is 1.73 bits per heavy atom. The first-order valence-electron chi connectivity index (χ1n) is 9.31. The standard InChI is InChI=1S/C22H20F3NO4/c1-15(21(28)26-13-12-17-4-2-3-5-18(17)14-26)29-20(27)11-8-16-6-9-19(10-7-16)30-22(23,24)25/h2-11,15H,12-14H2,1H3/b11-8+/t15-/m0/s1. The van der Waals surface area contributed by atoms with Gasteiger partial charge in [-0.25, -0.2) is 4.79 Å². The molecule has 0 unspecified atom stereocenters. The van der Waals surface area contributed by atoms with Crippen LogP contribution >= 0.6 is 0 Å². The molecule has 1 atom stereocenters. The molecular formula is C22H20F3NO4. The number of carbonyl (C=O) groups is 2. The van der Waals surface area contributed by atoms with Gasteiger partial charge >= 0.3 is 12.3 Å². The maximum absolute atomic E-state index is 12.6. The predicted molar refractivity (Wildman–Crippen MR) is 103 cm³/mol. The molecule has 0 bridgehead atoms. The zero-order chi connectivity index (χ0) is 21.7. The van der Waals surface area contributed by atoms with Crippen LogP contribution in [-0.4, -0.2) is 35.8 Å². The van der Waals surface area contributed by atoms with Crippen molar-refractivity contribution in [2.45, 2.75) is 32.4 Å². The van der Waals surface area contributed by atoms with Crippen LogP contribution in [0, 0.1) is 0 Å². The van der Waals surface area contributed by atoms with Crippen LogP contribution in [0.5, 0.6) is 5.75 Å². The summed E-state index contributed by atoms with van der Waals surface area (Å²) in [6.45, 7) is 2.54. The Hall–Kier alpha value is -3.29. The Bertz CT molecular complexity index is 938. The summed E-state index contributed by atoms with van der Waals surface area (Å²) in [5.74, 6) is -1.35. The summed E-state index contributed by atoms with van der Waals surface area (Å²) in [5.41, 5.74) is 2.77. The highest BCUT2D eigenvalue weighted by Gasteiger charge is 2.31. The Labute approximate surface area is 171 Å². The van der Waals surface area contributed by atoms with Crippen LogP contribution in [0.15, 0.2) is 54.6 Å². The SMILES string of the molecule is C[C@H](OC(=O)/C=C/c1ccc(OC(F)(F)F)cc1)C(=O)N1CCc2ccccc2C1. The molecule has 0 fully saturated rings. The van der Waals surface area contributed by atoms with Crippen LogP contribution in [0.3, 0.4) is 0 Å². The average Bonchev–Trinajstić information content (AvgIpc) is 2.71. The Morgan fingerprint density at radius 1 is 1.07 bits per heavy atom. The summed E-state index contributed by atoms with van der Waals surface area (Å²) >= 11 is 0. The molecule has 5 nitrogen and oxygen atoms in total. The van der Waals surface area contributed by atoms with Crippen LogP contribution in [0.25, 0.3) is 6.08 Å². The molecule has 3 rings (SSSR count). The molecule has 1 aliphatic heterocycles. The van der Waals surface area contributed by atoms with Crippen LogP contribution in [-0.2, 0) is 27.3 Å². The fourth-order valence-corrected chi connectivity index (χ4v) is 3.15. The first-order chi connectivity index (χ1) is 14.2. The third-order valence-electron chi connectivity index (χ3n) is 4.61. The van der Waals surface area contributed by atoms with Gasteiger partial charge in [0.2, 0.25) is 0 Å². The molecule has 0 aromatic heterocycles. The molecule has 0 radical (unpaired) electrons. The van der Waals surface area contributed by atoms with Crippen LogP contribution in [0.4, 0.5) is 13.2 Å². The number of benzene rings is 2.